The Balaban J connectivity index is 2.32. The molecule has 2 atom stereocenters. The molecule has 3 heteroatoms. The first-order valence-corrected chi connectivity index (χ1v) is 3.70. The maximum atomic E-state index is 5.42. The van der Waals surface area contributed by atoms with Crippen LogP contribution in [0.1, 0.15) is 6.92 Å². The molecular weight excluding hydrogens is 128 g/mol. The van der Waals surface area contributed by atoms with Crippen molar-refractivity contribution in [1.82, 2.24) is 10.2 Å². The minimum Gasteiger partial charge on any atom is -0.360 e. The van der Waals surface area contributed by atoms with E-state index >= 15 is 0 Å². The standard InChI is InChI=1S/C7H16N2O/c1-6(9(2)3)7-4-8-5-10-7/h6-8H,4-5H2,1-3H3. The van der Waals surface area contributed by atoms with Crippen molar-refractivity contribution in [3.8, 4) is 0 Å². The summed E-state index contributed by atoms with van der Waals surface area (Å²) in [4.78, 5) is 2.18. The number of hydrogen-bond acceptors (Lipinski definition) is 3. The van der Waals surface area contributed by atoms with E-state index in [2.05, 4.69) is 31.2 Å². The van der Waals surface area contributed by atoms with Gasteiger partial charge in [-0.05, 0) is 21.0 Å². The van der Waals surface area contributed by atoms with Gasteiger partial charge in [-0.1, -0.05) is 0 Å². The number of nitrogens with one attached hydrogen (secondary N) is 1. The second-order valence-corrected chi connectivity index (χ2v) is 3.01. The summed E-state index contributed by atoms with van der Waals surface area (Å²) in [5.41, 5.74) is 0. The van der Waals surface area contributed by atoms with Gasteiger partial charge in [0.1, 0.15) is 0 Å². The van der Waals surface area contributed by atoms with Gasteiger partial charge < -0.3 is 9.64 Å². The van der Waals surface area contributed by atoms with Gasteiger partial charge in [-0.15, -0.1) is 0 Å². The average molecular weight is 144 g/mol. The van der Waals surface area contributed by atoms with Gasteiger partial charge in [-0.25, -0.2) is 0 Å². The van der Waals surface area contributed by atoms with E-state index in [1.54, 1.807) is 0 Å². The molecule has 10 heavy (non-hydrogen) atoms. The molecule has 1 aliphatic heterocycles. The van der Waals surface area contributed by atoms with Gasteiger partial charge in [-0.3, -0.25) is 5.32 Å². The van der Waals surface area contributed by atoms with E-state index < -0.39 is 0 Å². The smallest absolute Gasteiger partial charge is 0.0971 e. The van der Waals surface area contributed by atoms with Gasteiger partial charge >= 0.3 is 0 Å². The topological polar surface area (TPSA) is 24.5 Å². The number of hydrogen-bond donors (Lipinski definition) is 1. The van der Waals surface area contributed by atoms with Crippen molar-refractivity contribution in [3.63, 3.8) is 0 Å². The zero-order valence-electron chi connectivity index (χ0n) is 6.92. The predicted octanol–water partition coefficient (Wildman–Crippen LogP) is -0.118. The summed E-state index contributed by atoms with van der Waals surface area (Å²) in [5.74, 6) is 0. The van der Waals surface area contributed by atoms with E-state index in [4.69, 9.17) is 4.74 Å². The van der Waals surface area contributed by atoms with E-state index in [-0.39, 0.29) is 0 Å². The normalized spacial score (nSPS) is 29.4. The highest BCUT2D eigenvalue weighted by molar-refractivity contribution is 4.77. The predicted molar refractivity (Wildman–Crippen MR) is 40.9 cm³/mol. The molecule has 1 fully saturated rings. The average Bonchev–Trinajstić information content (AvgIpc) is 2.36. The van der Waals surface area contributed by atoms with Gasteiger partial charge in [0.15, 0.2) is 0 Å². The van der Waals surface area contributed by atoms with Crippen molar-refractivity contribution in [1.29, 1.82) is 0 Å². The highest BCUT2D eigenvalue weighted by Gasteiger charge is 2.22. The Labute approximate surface area is 62.3 Å². The van der Waals surface area contributed by atoms with E-state index in [1.165, 1.54) is 0 Å². The minimum atomic E-state index is 0.370. The zero-order valence-corrected chi connectivity index (χ0v) is 6.92. The molecule has 0 amide bonds. The molecule has 0 aromatic carbocycles. The maximum Gasteiger partial charge on any atom is 0.0971 e. The highest BCUT2D eigenvalue weighted by atomic mass is 16.5. The van der Waals surface area contributed by atoms with Crippen molar-refractivity contribution < 1.29 is 4.74 Å². The molecule has 1 heterocycles. The van der Waals surface area contributed by atoms with Gasteiger partial charge in [-0.2, -0.15) is 0 Å². The first-order valence-electron chi connectivity index (χ1n) is 3.70. The summed E-state index contributed by atoms with van der Waals surface area (Å²) in [6.45, 7) is 3.87. The highest BCUT2D eigenvalue weighted by Crippen LogP contribution is 2.06. The second kappa shape index (κ2) is 3.32. The molecule has 1 N–H and O–H groups in total. The Morgan fingerprint density at radius 3 is 2.70 bits per heavy atom. The van der Waals surface area contributed by atoms with Gasteiger partial charge in [0.25, 0.3) is 0 Å². The van der Waals surface area contributed by atoms with Gasteiger partial charge in [0.2, 0.25) is 0 Å². The van der Waals surface area contributed by atoms with Crippen LogP contribution in [0.3, 0.4) is 0 Å². The minimum absolute atomic E-state index is 0.370. The molecule has 3 nitrogen and oxygen atoms in total. The van der Waals surface area contributed by atoms with Crippen molar-refractivity contribution in [3.05, 3.63) is 0 Å². The molecule has 0 spiro atoms. The zero-order chi connectivity index (χ0) is 7.56. The fourth-order valence-corrected chi connectivity index (χ4v) is 1.07. The third-order valence-corrected chi connectivity index (χ3v) is 2.10. The van der Waals surface area contributed by atoms with Crippen LogP contribution in [0, 0.1) is 0 Å². The lowest BCUT2D eigenvalue weighted by Gasteiger charge is -2.24. The lowest BCUT2D eigenvalue weighted by atomic mass is 10.2. The Morgan fingerprint density at radius 2 is 2.30 bits per heavy atom. The Hall–Kier alpha value is -0.120. The van der Waals surface area contributed by atoms with E-state index in [0.29, 0.717) is 18.9 Å². The lowest BCUT2D eigenvalue weighted by Crippen LogP contribution is -2.38. The first-order chi connectivity index (χ1) is 4.72. The summed E-state index contributed by atoms with van der Waals surface area (Å²) in [7, 11) is 4.15. The fraction of sp³-hybridized carbons (Fsp3) is 1.00. The van der Waals surface area contributed by atoms with Crippen LogP contribution in [0.5, 0.6) is 0 Å². The summed E-state index contributed by atoms with van der Waals surface area (Å²) in [6, 6.07) is 0.509. The molecule has 0 aliphatic carbocycles. The van der Waals surface area contributed by atoms with Crippen LogP contribution >= 0.6 is 0 Å². The fourth-order valence-electron chi connectivity index (χ4n) is 1.07. The Morgan fingerprint density at radius 1 is 1.60 bits per heavy atom. The van der Waals surface area contributed by atoms with Gasteiger partial charge in [0, 0.05) is 12.6 Å². The van der Waals surface area contributed by atoms with Crippen LogP contribution in [0.25, 0.3) is 0 Å². The van der Waals surface area contributed by atoms with Crippen molar-refractivity contribution in [2.45, 2.75) is 19.1 Å². The summed E-state index contributed by atoms with van der Waals surface area (Å²) in [5, 5.41) is 3.16. The molecular formula is C7H16N2O. The van der Waals surface area contributed by atoms with Crippen LogP contribution in [-0.4, -0.2) is 44.4 Å². The summed E-state index contributed by atoms with van der Waals surface area (Å²) >= 11 is 0. The Bertz CT molecular complexity index is 99.8. The SMILES string of the molecule is CC(C1CNCO1)N(C)C. The molecule has 0 aromatic heterocycles. The molecule has 0 saturated carbocycles. The van der Waals surface area contributed by atoms with Crippen molar-refractivity contribution in [2.24, 2.45) is 0 Å². The molecule has 60 valence electrons. The number of rotatable bonds is 2. The van der Waals surface area contributed by atoms with E-state index in [9.17, 15) is 0 Å². The molecule has 0 radical (unpaired) electrons. The third-order valence-electron chi connectivity index (χ3n) is 2.10. The van der Waals surface area contributed by atoms with Crippen molar-refractivity contribution >= 4 is 0 Å². The van der Waals surface area contributed by atoms with Crippen LogP contribution in [-0.2, 0) is 4.74 Å². The van der Waals surface area contributed by atoms with Crippen LogP contribution < -0.4 is 5.32 Å². The summed E-state index contributed by atoms with van der Waals surface area (Å²) in [6.07, 6.45) is 0.370. The van der Waals surface area contributed by atoms with E-state index in [1.807, 2.05) is 0 Å². The number of nitrogens with zero attached hydrogens (tertiary/aromatic N) is 1. The van der Waals surface area contributed by atoms with Crippen molar-refractivity contribution in [2.75, 3.05) is 27.4 Å². The second-order valence-electron chi connectivity index (χ2n) is 3.01. The molecule has 1 rings (SSSR count). The molecule has 0 bridgehead atoms. The first kappa shape index (κ1) is 7.98. The molecule has 2 unspecified atom stereocenters. The van der Waals surface area contributed by atoms with Crippen LogP contribution in [0.4, 0.5) is 0 Å². The Kier molecular flexibility index (Phi) is 2.65. The quantitative estimate of drug-likeness (QED) is 0.585. The monoisotopic (exact) mass is 144 g/mol. The van der Waals surface area contributed by atoms with Crippen LogP contribution in [0.15, 0.2) is 0 Å². The third kappa shape index (κ3) is 1.68. The molecule has 0 aromatic rings. The van der Waals surface area contributed by atoms with Gasteiger partial charge in [0.05, 0.1) is 12.8 Å². The number of ether oxygens (including phenoxy) is 1. The molecule has 1 aliphatic rings. The van der Waals surface area contributed by atoms with E-state index in [0.717, 1.165) is 6.54 Å². The number of likely N-dealkylation sites (N-methyl/N-ethyl adjacent to an activating group) is 1. The lowest BCUT2D eigenvalue weighted by molar-refractivity contribution is 0.0546. The maximum absolute atomic E-state index is 5.42. The van der Waals surface area contributed by atoms with Crippen LogP contribution in [0.2, 0.25) is 0 Å². The largest absolute Gasteiger partial charge is 0.360 e. The summed E-state index contributed by atoms with van der Waals surface area (Å²) < 4.78 is 5.42. The molecule has 1 saturated heterocycles.